The third-order valence-corrected chi connectivity index (χ3v) is 9.45. The van der Waals surface area contributed by atoms with Crippen molar-refractivity contribution < 1.29 is 108 Å². The van der Waals surface area contributed by atoms with Crippen LogP contribution in [0, 0.1) is 28.6 Å². The number of Topliss-reactive ketones (excluding diaryl/α,β-unsaturated/α-hetero) is 1. The molecule has 0 radical (unpaired) electrons. The van der Waals surface area contributed by atoms with E-state index in [1.807, 2.05) is 0 Å². The van der Waals surface area contributed by atoms with Gasteiger partial charge < -0.3 is 34.6 Å². The molecule has 0 bridgehead atoms. The number of aliphatic hydroxyl groups excluding tert-OH is 1. The number of carbonyl (C=O) groups is 2. The van der Waals surface area contributed by atoms with Gasteiger partial charge in [0.05, 0.1) is 13.9 Å². The smallest absolute Gasteiger partial charge is 0.790 e. The second-order valence-electron chi connectivity index (χ2n) is 10.3. The van der Waals surface area contributed by atoms with E-state index < -0.39 is 66.2 Å². The molecule has 0 heterocycles. The number of phosphoric ester groups is 1. The molecule has 3 fully saturated rings. The van der Waals surface area contributed by atoms with Crippen molar-refractivity contribution in [2.45, 2.75) is 63.8 Å². The van der Waals surface area contributed by atoms with E-state index in [0.717, 1.165) is 0 Å². The molecule has 186 valence electrons. The molecule has 4 aliphatic carbocycles. The average molecular weight is 534 g/mol. The van der Waals surface area contributed by atoms with E-state index in [4.69, 9.17) is 0 Å². The fraction of sp³-hybridized carbons (Fsp3) is 0.727. The molecule has 0 aliphatic heterocycles. The summed E-state index contributed by atoms with van der Waals surface area (Å²) >= 11 is 0. The standard InChI is InChI=1S/C22H30FO8P.2Na.H2O/c1-12-8-16-15-5-4-13-9-14(24)6-7-19(13,2)21(15,23)17(25)10-20(16,3)22(12,27)18(26)11-31-32(28,29)30;;;/h6-7,9,12,15-17,25,27H,4-5,8,10-11H2,1-3H3,(H2,28,29,30);;;1H2/q;2*+1;/p-2/t12-,15-,16-,17-,19-,20-,21-,22-;;;/m0.../s1. The van der Waals surface area contributed by atoms with Gasteiger partial charge in [-0.05, 0) is 56.6 Å². The van der Waals surface area contributed by atoms with Crippen LogP contribution in [0.4, 0.5) is 4.39 Å². The molecule has 4 rings (SSSR count). The summed E-state index contributed by atoms with van der Waals surface area (Å²) in [4.78, 5) is 46.6. The van der Waals surface area contributed by atoms with Crippen molar-refractivity contribution in [1.29, 1.82) is 0 Å². The number of allylic oxidation sites excluding steroid dienone is 4. The molecule has 0 amide bonds. The number of aliphatic hydroxyl groups is 2. The Hall–Kier alpha value is 0.740. The summed E-state index contributed by atoms with van der Waals surface area (Å²) < 4.78 is 32.0. The molecule has 0 spiro atoms. The van der Waals surface area contributed by atoms with E-state index in [9.17, 15) is 34.2 Å². The Morgan fingerprint density at radius 3 is 2.46 bits per heavy atom. The number of phosphoric acid groups is 1. The molecule has 35 heavy (non-hydrogen) atoms. The summed E-state index contributed by atoms with van der Waals surface area (Å²) in [7, 11) is -5.43. The molecule has 13 heteroatoms. The zero-order valence-corrected chi connectivity index (χ0v) is 25.6. The maximum absolute atomic E-state index is 17.0. The fourth-order valence-corrected chi connectivity index (χ4v) is 7.66. The monoisotopic (exact) mass is 534 g/mol. The Morgan fingerprint density at radius 2 is 1.89 bits per heavy atom. The number of ketones is 2. The van der Waals surface area contributed by atoms with Gasteiger partial charge in [0.1, 0.15) is 12.2 Å². The first-order valence-electron chi connectivity index (χ1n) is 10.8. The summed E-state index contributed by atoms with van der Waals surface area (Å²) in [5.41, 5.74) is -6.03. The van der Waals surface area contributed by atoms with E-state index in [1.165, 1.54) is 18.2 Å². The van der Waals surface area contributed by atoms with Gasteiger partial charge in [0, 0.05) is 16.7 Å². The quantitative estimate of drug-likeness (QED) is 0.264. The Bertz CT molecular complexity index is 986. The van der Waals surface area contributed by atoms with Crippen molar-refractivity contribution in [1.82, 2.24) is 0 Å². The topological polar surface area (TPSA) is 179 Å². The van der Waals surface area contributed by atoms with E-state index in [-0.39, 0.29) is 83.2 Å². The average Bonchev–Trinajstić information content (AvgIpc) is 2.89. The minimum absolute atomic E-state index is 0. The van der Waals surface area contributed by atoms with Gasteiger partial charge >= 0.3 is 59.1 Å². The normalized spacial score (nSPS) is 43.9. The zero-order chi connectivity index (χ0) is 23.9. The van der Waals surface area contributed by atoms with Gasteiger partial charge in [0.25, 0.3) is 0 Å². The first kappa shape index (κ1) is 33.8. The van der Waals surface area contributed by atoms with Crippen LogP contribution in [0.1, 0.15) is 46.5 Å². The predicted molar refractivity (Wildman–Crippen MR) is 110 cm³/mol. The van der Waals surface area contributed by atoms with Crippen molar-refractivity contribution in [2.75, 3.05) is 6.61 Å². The molecule has 9 nitrogen and oxygen atoms in total. The molecule has 4 aliphatic rings. The van der Waals surface area contributed by atoms with Crippen LogP contribution in [0.3, 0.4) is 0 Å². The van der Waals surface area contributed by atoms with Crippen LogP contribution in [0.15, 0.2) is 23.8 Å². The van der Waals surface area contributed by atoms with Crippen molar-refractivity contribution >= 4 is 19.4 Å². The van der Waals surface area contributed by atoms with Crippen LogP contribution >= 0.6 is 7.82 Å². The Labute approximate surface area is 248 Å². The summed E-state index contributed by atoms with van der Waals surface area (Å²) in [5, 5.41) is 22.8. The molecular weight excluding hydrogens is 504 g/mol. The predicted octanol–water partition coefficient (Wildman–Crippen LogP) is -6.07. The van der Waals surface area contributed by atoms with Gasteiger partial charge in [-0.15, -0.1) is 0 Å². The number of carbonyl (C=O) groups excluding carboxylic acids is 2. The van der Waals surface area contributed by atoms with Gasteiger partial charge in [0.15, 0.2) is 17.2 Å². The van der Waals surface area contributed by atoms with Crippen LogP contribution in [-0.2, 0) is 18.7 Å². The minimum Gasteiger partial charge on any atom is -0.790 e. The van der Waals surface area contributed by atoms with E-state index >= 15 is 4.39 Å². The molecule has 4 N–H and O–H groups in total. The maximum Gasteiger partial charge on any atom is 1.00 e. The number of alkyl halides is 1. The first-order chi connectivity index (χ1) is 14.6. The molecular formula is C22H30FNa2O9P. The SMILES string of the molecule is C[C@H]1C[C@H]2[C@@H]3CCC4=CC(=O)C=C[C@]4(C)[C@@]3(F)[C@@H](O)C[C@]2(C)[C@@]1(O)C(=O)COP(=O)([O-])[O-].O.[Na+].[Na+]. The minimum atomic E-state index is -5.43. The van der Waals surface area contributed by atoms with Gasteiger partial charge in [-0.25, -0.2) is 4.39 Å². The number of halogens is 1. The molecule has 8 atom stereocenters. The van der Waals surface area contributed by atoms with E-state index in [1.54, 1.807) is 20.8 Å². The Balaban J connectivity index is 0.00000204. The largest absolute Gasteiger partial charge is 1.00 e. The number of hydrogen-bond donors (Lipinski definition) is 2. The third kappa shape index (κ3) is 4.73. The second-order valence-corrected chi connectivity index (χ2v) is 11.5. The van der Waals surface area contributed by atoms with Crippen LogP contribution < -0.4 is 68.9 Å². The van der Waals surface area contributed by atoms with Crippen molar-refractivity contribution in [3.05, 3.63) is 23.8 Å². The van der Waals surface area contributed by atoms with Crippen molar-refractivity contribution in [3.63, 3.8) is 0 Å². The van der Waals surface area contributed by atoms with Gasteiger partial charge in [-0.2, -0.15) is 0 Å². The summed E-state index contributed by atoms with van der Waals surface area (Å²) in [6.07, 6.45) is 3.54. The van der Waals surface area contributed by atoms with Crippen LogP contribution in [0.2, 0.25) is 0 Å². The van der Waals surface area contributed by atoms with Gasteiger partial charge in [0.2, 0.25) is 0 Å². The Kier molecular flexibility index (Phi) is 10.3. The van der Waals surface area contributed by atoms with Gasteiger partial charge in [-0.1, -0.05) is 25.5 Å². The Morgan fingerprint density at radius 1 is 1.29 bits per heavy atom. The zero-order valence-electron chi connectivity index (χ0n) is 20.7. The van der Waals surface area contributed by atoms with Crippen LogP contribution in [0.25, 0.3) is 0 Å². The summed E-state index contributed by atoms with van der Waals surface area (Å²) in [6.45, 7) is 3.80. The second kappa shape index (κ2) is 10.7. The van der Waals surface area contributed by atoms with E-state index in [2.05, 4.69) is 4.52 Å². The number of rotatable bonds is 4. The van der Waals surface area contributed by atoms with Crippen LogP contribution in [-0.4, -0.2) is 51.2 Å². The van der Waals surface area contributed by atoms with Crippen molar-refractivity contribution in [2.24, 2.45) is 28.6 Å². The molecule has 0 saturated heterocycles. The van der Waals surface area contributed by atoms with E-state index in [0.29, 0.717) is 18.4 Å². The summed E-state index contributed by atoms with van der Waals surface area (Å²) in [5.74, 6) is -3.06. The molecule has 0 unspecified atom stereocenters. The summed E-state index contributed by atoms with van der Waals surface area (Å²) in [6, 6.07) is 0. The van der Waals surface area contributed by atoms with Crippen molar-refractivity contribution in [3.8, 4) is 0 Å². The molecule has 0 aromatic carbocycles. The molecule has 3 saturated carbocycles. The molecule has 0 aromatic heterocycles. The number of hydrogen-bond acceptors (Lipinski definition) is 8. The molecule has 0 aromatic rings. The maximum atomic E-state index is 17.0. The number of fused-ring (bicyclic) bond motifs is 5. The van der Waals surface area contributed by atoms with Gasteiger partial charge in [-0.3, -0.25) is 9.59 Å². The third-order valence-electron chi connectivity index (χ3n) is 9.00. The first-order valence-corrected chi connectivity index (χ1v) is 12.3. The van der Waals surface area contributed by atoms with Crippen LogP contribution in [0.5, 0.6) is 0 Å². The fourth-order valence-electron chi connectivity index (χ4n) is 7.39.